The molecule has 2 rings (SSSR count). The van der Waals surface area contributed by atoms with Crippen molar-refractivity contribution >= 4 is 5.91 Å². The van der Waals surface area contributed by atoms with E-state index in [-0.39, 0.29) is 5.91 Å². The van der Waals surface area contributed by atoms with Gasteiger partial charge in [0, 0.05) is 13.0 Å². The molecule has 0 saturated heterocycles. The van der Waals surface area contributed by atoms with Gasteiger partial charge in [-0.2, -0.15) is 15.4 Å². The van der Waals surface area contributed by atoms with Crippen molar-refractivity contribution in [3.8, 4) is 0 Å². The Morgan fingerprint density at radius 2 is 2.36 bits per heavy atom. The van der Waals surface area contributed by atoms with Crippen LogP contribution in [0.3, 0.4) is 0 Å². The molecule has 0 aromatic carbocycles. The molecule has 14 heavy (non-hydrogen) atoms. The summed E-state index contributed by atoms with van der Waals surface area (Å²) in [6, 6.07) is 0. The molecule has 0 atom stereocenters. The fourth-order valence-electron chi connectivity index (χ4n) is 1.58. The lowest BCUT2D eigenvalue weighted by Crippen LogP contribution is -2.40. The normalized spacial score (nSPS) is 15.4. The Hall–Kier alpha value is -1.43. The number of likely N-dealkylation sites (N-methyl/N-ethyl adjacent to an activating group) is 1. The molecule has 0 spiro atoms. The Morgan fingerprint density at radius 3 is 3.14 bits per heavy atom. The lowest BCUT2D eigenvalue weighted by molar-refractivity contribution is -0.131. The number of fused-ring (bicyclic) bond motifs is 1. The summed E-state index contributed by atoms with van der Waals surface area (Å²) in [6.45, 7) is 1.69. The molecule has 1 amide bonds. The third-order valence-electron chi connectivity index (χ3n) is 2.34. The highest BCUT2D eigenvalue weighted by Crippen LogP contribution is 2.13. The van der Waals surface area contributed by atoms with Crippen molar-refractivity contribution in [2.45, 2.75) is 13.0 Å². The van der Waals surface area contributed by atoms with Gasteiger partial charge in [0.1, 0.15) is 5.69 Å². The summed E-state index contributed by atoms with van der Waals surface area (Å²) >= 11 is 0. The molecule has 0 saturated carbocycles. The Balaban J connectivity index is 2.04. The van der Waals surface area contributed by atoms with Gasteiger partial charge in [0.15, 0.2) is 0 Å². The average Bonchev–Trinajstić information content (AvgIpc) is 2.64. The predicted molar refractivity (Wildman–Crippen MR) is 49.4 cm³/mol. The van der Waals surface area contributed by atoms with Crippen LogP contribution in [0.4, 0.5) is 0 Å². The molecule has 0 bridgehead atoms. The van der Waals surface area contributed by atoms with Gasteiger partial charge in [0.25, 0.3) is 0 Å². The molecule has 2 heterocycles. The molecule has 1 aromatic heterocycles. The third-order valence-corrected chi connectivity index (χ3v) is 2.34. The zero-order valence-corrected chi connectivity index (χ0v) is 8.08. The lowest BCUT2D eigenvalue weighted by Gasteiger charge is -2.25. The Labute approximate surface area is 81.7 Å². The summed E-state index contributed by atoms with van der Waals surface area (Å²) in [7, 11) is 1.77. The Bertz CT molecular complexity index is 334. The molecule has 0 unspecified atom stereocenters. The number of rotatable bonds is 2. The second-order valence-corrected chi connectivity index (χ2v) is 3.31. The van der Waals surface area contributed by atoms with Gasteiger partial charge in [-0.25, -0.2) is 0 Å². The van der Waals surface area contributed by atoms with Crippen LogP contribution in [0.15, 0.2) is 0 Å². The molecule has 0 aliphatic carbocycles. The number of H-pyrrole nitrogens is 1. The van der Waals surface area contributed by atoms with Crippen LogP contribution in [-0.2, 0) is 17.8 Å². The van der Waals surface area contributed by atoms with Crippen molar-refractivity contribution in [3.05, 3.63) is 11.4 Å². The first-order chi connectivity index (χ1) is 6.81. The van der Waals surface area contributed by atoms with E-state index in [1.165, 1.54) is 0 Å². The highest BCUT2D eigenvalue weighted by atomic mass is 16.2. The highest BCUT2D eigenvalue weighted by Gasteiger charge is 2.22. The van der Waals surface area contributed by atoms with Gasteiger partial charge < -0.3 is 10.2 Å². The van der Waals surface area contributed by atoms with Crippen LogP contribution in [0.5, 0.6) is 0 Å². The van der Waals surface area contributed by atoms with Gasteiger partial charge in [-0.3, -0.25) is 4.79 Å². The van der Waals surface area contributed by atoms with Crippen molar-refractivity contribution in [2.24, 2.45) is 0 Å². The maximum absolute atomic E-state index is 11.5. The first-order valence-electron chi connectivity index (χ1n) is 4.62. The number of carbonyl (C=O) groups is 1. The molecule has 1 aromatic rings. The maximum atomic E-state index is 11.5. The van der Waals surface area contributed by atoms with E-state index in [0.29, 0.717) is 13.1 Å². The van der Waals surface area contributed by atoms with Crippen LogP contribution >= 0.6 is 0 Å². The molecule has 6 nitrogen and oxygen atoms in total. The monoisotopic (exact) mass is 195 g/mol. The summed E-state index contributed by atoms with van der Waals surface area (Å²) in [6.07, 6.45) is 0.793. The maximum Gasteiger partial charge on any atom is 0.236 e. The summed E-state index contributed by atoms with van der Waals surface area (Å²) in [4.78, 5) is 13.3. The molecule has 6 heteroatoms. The smallest absolute Gasteiger partial charge is 0.236 e. The van der Waals surface area contributed by atoms with Crippen molar-refractivity contribution in [3.63, 3.8) is 0 Å². The Kier molecular flexibility index (Phi) is 2.45. The van der Waals surface area contributed by atoms with Crippen molar-refractivity contribution in [2.75, 3.05) is 20.1 Å². The number of hydrogen-bond acceptors (Lipinski definition) is 4. The number of hydrogen-bond donors (Lipinski definition) is 2. The van der Waals surface area contributed by atoms with Crippen LogP contribution in [0.25, 0.3) is 0 Å². The van der Waals surface area contributed by atoms with Crippen LogP contribution in [0.2, 0.25) is 0 Å². The molecule has 0 fully saturated rings. The summed E-state index contributed by atoms with van der Waals surface area (Å²) in [5.41, 5.74) is 1.87. The third kappa shape index (κ3) is 1.60. The number of nitrogens with zero attached hydrogens (tertiary/aromatic N) is 3. The standard InChI is InChI=1S/C8H13N5O/c1-9-4-8(14)13-3-2-6-7(5-13)11-12-10-6/h9H,2-5H2,1H3,(H,10,11,12). The van der Waals surface area contributed by atoms with E-state index in [9.17, 15) is 4.79 Å². The first kappa shape index (κ1) is 9.14. The van der Waals surface area contributed by atoms with Gasteiger partial charge in [-0.05, 0) is 7.05 Å². The summed E-state index contributed by atoms with van der Waals surface area (Å²) in [5, 5.41) is 13.4. The van der Waals surface area contributed by atoms with E-state index in [1.54, 1.807) is 11.9 Å². The quantitative estimate of drug-likeness (QED) is 0.629. The molecule has 2 N–H and O–H groups in total. The van der Waals surface area contributed by atoms with Gasteiger partial charge in [-0.1, -0.05) is 0 Å². The number of nitrogens with one attached hydrogen (secondary N) is 2. The molecular weight excluding hydrogens is 182 g/mol. The van der Waals surface area contributed by atoms with E-state index in [0.717, 1.165) is 24.4 Å². The number of aromatic amines is 1. The molecule has 76 valence electrons. The highest BCUT2D eigenvalue weighted by molar-refractivity contribution is 5.78. The zero-order valence-electron chi connectivity index (χ0n) is 8.08. The van der Waals surface area contributed by atoms with Gasteiger partial charge in [0.05, 0.1) is 18.8 Å². The topological polar surface area (TPSA) is 73.9 Å². The van der Waals surface area contributed by atoms with Crippen molar-refractivity contribution in [1.82, 2.24) is 25.6 Å². The van der Waals surface area contributed by atoms with Crippen LogP contribution in [-0.4, -0.2) is 46.4 Å². The second-order valence-electron chi connectivity index (χ2n) is 3.31. The van der Waals surface area contributed by atoms with E-state index in [2.05, 4.69) is 20.7 Å². The largest absolute Gasteiger partial charge is 0.335 e. The Morgan fingerprint density at radius 1 is 1.57 bits per heavy atom. The number of amides is 1. The zero-order chi connectivity index (χ0) is 9.97. The SMILES string of the molecule is CNCC(=O)N1CCc2n[nH]nc2C1. The molecule has 0 radical (unpaired) electrons. The van der Waals surface area contributed by atoms with Gasteiger partial charge in [-0.15, -0.1) is 0 Å². The van der Waals surface area contributed by atoms with Crippen molar-refractivity contribution < 1.29 is 4.79 Å². The number of carbonyl (C=O) groups excluding carboxylic acids is 1. The lowest BCUT2D eigenvalue weighted by atomic mass is 10.1. The second kappa shape index (κ2) is 3.75. The predicted octanol–water partition coefficient (Wildman–Crippen LogP) is -1.09. The molecular formula is C8H13N5O. The fourth-order valence-corrected chi connectivity index (χ4v) is 1.58. The van der Waals surface area contributed by atoms with E-state index in [1.807, 2.05) is 0 Å². The molecule has 1 aliphatic rings. The minimum atomic E-state index is 0.112. The average molecular weight is 195 g/mol. The van der Waals surface area contributed by atoms with Gasteiger partial charge in [0.2, 0.25) is 5.91 Å². The van der Waals surface area contributed by atoms with Gasteiger partial charge >= 0.3 is 0 Å². The van der Waals surface area contributed by atoms with E-state index in [4.69, 9.17) is 0 Å². The summed E-state index contributed by atoms with van der Waals surface area (Å²) < 4.78 is 0. The van der Waals surface area contributed by atoms with Crippen LogP contribution < -0.4 is 5.32 Å². The van der Waals surface area contributed by atoms with Crippen LogP contribution in [0.1, 0.15) is 11.4 Å². The first-order valence-corrected chi connectivity index (χ1v) is 4.62. The van der Waals surface area contributed by atoms with Crippen LogP contribution in [0, 0.1) is 0 Å². The molecule has 1 aliphatic heterocycles. The fraction of sp³-hybridized carbons (Fsp3) is 0.625. The summed E-state index contributed by atoms with van der Waals surface area (Å²) in [5.74, 6) is 0.112. The minimum absolute atomic E-state index is 0.112. The van der Waals surface area contributed by atoms with E-state index < -0.39 is 0 Å². The number of aromatic nitrogens is 3. The van der Waals surface area contributed by atoms with Crippen molar-refractivity contribution in [1.29, 1.82) is 0 Å². The van der Waals surface area contributed by atoms with E-state index >= 15 is 0 Å². The minimum Gasteiger partial charge on any atom is -0.335 e.